The number of carbonyl (C=O) groups is 1. The van der Waals surface area contributed by atoms with Crippen LogP contribution in [0.15, 0.2) is 18.2 Å². The summed E-state index contributed by atoms with van der Waals surface area (Å²) >= 11 is 0. The number of benzene rings is 1. The Hall–Kier alpha value is -1.78. The molecule has 0 aromatic heterocycles. The van der Waals surface area contributed by atoms with Crippen molar-refractivity contribution < 1.29 is 13.9 Å². The highest BCUT2D eigenvalue weighted by molar-refractivity contribution is 5.95. The van der Waals surface area contributed by atoms with Crippen LogP contribution in [0.5, 0.6) is 0 Å². The molecule has 5 heteroatoms. The van der Waals surface area contributed by atoms with Crippen molar-refractivity contribution in [2.24, 2.45) is 0 Å². The Morgan fingerprint density at radius 3 is 2.65 bits per heavy atom. The molecule has 0 aliphatic carbocycles. The minimum atomic E-state index is -0.592. The van der Waals surface area contributed by atoms with Crippen LogP contribution in [-0.2, 0) is 4.74 Å². The lowest BCUT2D eigenvalue weighted by atomic mass is 9.98. The number of nitrogens with zero attached hydrogens (tertiary/aromatic N) is 1. The number of carbonyl (C=O) groups excluding carboxylic acids is 1. The lowest BCUT2D eigenvalue weighted by Crippen LogP contribution is -2.56. The molecule has 0 fully saturated rings. The Morgan fingerprint density at radius 2 is 2.05 bits per heavy atom. The Morgan fingerprint density at radius 1 is 1.40 bits per heavy atom. The van der Waals surface area contributed by atoms with E-state index in [1.807, 2.05) is 34.6 Å². The highest BCUT2D eigenvalue weighted by atomic mass is 19.1. The second kappa shape index (κ2) is 4.65. The molecule has 1 aromatic carbocycles. The molecule has 0 spiro atoms. The number of hydrogen-bond acceptors (Lipinski definition) is 3. The second-order valence-electron chi connectivity index (χ2n) is 6.64. The van der Waals surface area contributed by atoms with Gasteiger partial charge in [0.15, 0.2) is 0 Å². The van der Waals surface area contributed by atoms with Crippen molar-refractivity contribution in [1.82, 2.24) is 0 Å². The first kappa shape index (κ1) is 14.6. The van der Waals surface area contributed by atoms with Crippen LogP contribution in [0.4, 0.5) is 20.6 Å². The predicted octanol–water partition coefficient (Wildman–Crippen LogP) is 3.77. The quantitative estimate of drug-likeness (QED) is 0.786. The molecule has 1 aliphatic rings. The molecule has 1 aromatic rings. The van der Waals surface area contributed by atoms with Gasteiger partial charge >= 0.3 is 6.09 Å². The van der Waals surface area contributed by atoms with Gasteiger partial charge in [-0.1, -0.05) is 0 Å². The SMILES string of the molecule is CC(C)(C)OC(=O)N1c2cc(F)ccc2NCC1(C)C. The fourth-order valence-corrected chi connectivity index (χ4v) is 2.21. The largest absolute Gasteiger partial charge is 0.443 e. The molecule has 0 atom stereocenters. The third-order valence-corrected chi connectivity index (χ3v) is 3.09. The zero-order valence-corrected chi connectivity index (χ0v) is 12.6. The van der Waals surface area contributed by atoms with E-state index in [1.54, 1.807) is 6.07 Å². The average Bonchev–Trinajstić information content (AvgIpc) is 2.24. The fourth-order valence-electron chi connectivity index (χ4n) is 2.21. The zero-order valence-electron chi connectivity index (χ0n) is 12.6. The normalized spacial score (nSPS) is 17.2. The first-order valence-corrected chi connectivity index (χ1v) is 6.67. The zero-order chi connectivity index (χ0) is 15.1. The van der Waals surface area contributed by atoms with Crippen LogP contribution < -0.4 is 10.2 Å². The summed E-state index contributed by atoms with van der Waals surface area (Å²) in [6.45, 7) is 9.84. The summed E-state index contributed by atoms with van der Waals surface area (Å²) in [4.78, 5) is 14.0. The predicted molar refractivity (Wildman–Crippen MR) is 77.7 cm³/mol. The summed E-state index contributed by atoms with van der Waals surface area (Å²) in [5.41, 5.74) is 0.154. The highest BCUT2D eigenvalue weighted by Gasteiger charge is 2.39. The first-order valence-electron chi connectivity index (χ1n) is 6.67. The molecule has 0 saturated heterocycles. The smallest absolute Gasteiger partial charge is 0.415 e. The van der Waals surface area contributed by atoms with E-state index in [0.717, 1.165) is 5.69 Å². The first-order chi connectivity index (χ1) is 9.10. The van der Waals surface area contributed by atoms with Crippen molar-refractivity contribution in [1.29, 1.82) is 0 Å². The number of fused-ring (bicyclic) bond motifs is 1. The van der Waals surface area contributed by atoms with E-state index < -0.39 is 17.2 Å². The maximum absolute atomic E-state index is 13.5. The molecule has 1 N–H and O–H groups in total. The maximum atomic E-state index is 13.5. The Labute approximate surface area is 118 Å². The minimum Gasteiger partial charge on any atom is -0.443 e. The van der Waals surface area contributed by atoms with Crippen LogP contribution in [0.2, 0.25) is 0 Å². The lowest BCUT2D eigenvalue weighted by molar-refractivity contribution is 0.0546. The van der Waals surface area contributed by atoms with E-state index in [1.165, 1.54) is 17.0 Å². The number of halogens is 1. The number of nitrogens with one attached hydrogen (secondary N) is 1. The van der Waals surface area contributed by atoms with Gasteiger partial charge in [-0.15, -0.1) is 0 Å². The molecular formula is C15H21FN2O2. The molecule has 1 aliphatic heterocycles. The molecule has 1 amide bonds. The molecule has 110 valence electrons. The number of ether oxygens (including phenoxy) is 1. The Kier molecular flexibility index (Phi) is 3.40. The molecule has 20 heavy (non-hydrogen) atoms. The minimum absolute atomic E-state index is 0.378. The maximum Gasteiger partial charge on any atom is 0.415 e. The second-order valence-corrected chi connectivity index (χ2v) is 6.64. The third-order valence-electron chi connectivity index (χ3n) is 3.09. The molecule has 2 rings (SSSR count). The van der Waals surface area contributed by atoms with Gasteiger partial charge in [-0.3, -0.25) is 4.90 Å². The van der Waals surface area contributed by atoms with Crippen molar-refractivity contribution in [3.8, 4) is 0 Å². The van der Waals surface area contributed by atoms with Gasteiger partial charge in [0.25, 0.3) is 0 Å². The van der Waals surface area contributed by atoms with Gasteiger partial charge in [-0.2, -0.15) is 0 Å². The van der Waals surface area contributed by atoms with Gasteiger partial charge in [0.2, 0.25) is 0 Å². The Balaban J connectivity index is 2.43. The van der Waals surface area contributed by atoms with E-state index in [-0.39, 0.29) is 5.82 Å². The summed E-state index contributed by atoms with van der Waals surface area (Å²) < 4.78 is 19.0. The molecule has 4 nitrogen and oxygen atoms in total. The molecule has 0 unspecified atom stereocenters. The molecule has 0 saturated carbocycles. The van der Waals surface area contributed by atoms with E-state index in [0.29, 0.717) is 12.2 Å². The van der Waals surface area contributed by atoms with Crippen molar-refractivity contribution in [2.75, 3.05) is 16.8 Å². The van der Waals surface area contributed by atoms with Gasteiger partial charge in [-0.25, -0.2) is 9.18 Å². The van der Waals surface area contributed by atoms with Gasteiger partial charge in [0, 0.05) is 6.54 Å². The topological polar surface area (TPSA) is 41.6 Å². The van der Waals surface area contributed by atoms with Gasteiger partial charge in [-0.05, 0) is 52.8 Å². The number of amides is 1. The number of anilines is 2. The third kappa shape index (κ3) is 2.86. The summed E-state index contributed by atoms with van der Waals surface area (Å²) in [7, 11) is 0. The van der Waals surface area contributed by atoms with E-state index >= 15 is 0 Å². The van der Waals surface area contributed by atoms with Crippen molar-refractivity contribution >= 4 is 17.5 Å². The molecule has 0 radical (unpaired) electrons. The highest BCUT2D eigenvalue weighted by Crippen LogP contribution is 2.37. The molecular weight excluding hydrogens is 259 g/mol. The van der Waals surface area contributed by atoms with Crippen LogP contribution in [0.3, 0.4) is 0 Å². The monoisotopic (exact) mass is 280 g/mol. The lowest BCUT2D eigenvalue weighted by Gasteiger charge is -2.43. The van der Waals surface area contributed by atoms with E-state index in [9.17, 15) is 9.18 Å². The average molecular weight is 280 g/mol. The van der Waals surface area contributed by atoms with Crippen LogP contribution in [0.25, 0.3) is 0 Å². The van der Waals surface area contributed by atoms with Crippen LogP contribution in [-0.4, -0.2) is 23.8 Å². The molecule has 0 bridgehead atoms. The van der Waals surface area contributed by atoms with Gasteiger partial charge in [0.1, 0.15) is 11.4 Å². The van der Waals surface area contributed by atoms with Gasteiger partial charge < -0.3 is 10.1 Å². The van der Waals surface area contributed by atoms with Crippen molar-refractivity contribution in [3.63, 3.8) is 0 Å². The summed E-state index contributed by atoms with van der Waals surface area (Å²) in [6, 6.07) is 4.36. The molecule has 1 heterocycles. The number of hydrogen-bond donors (Lipinski definition) is 1. The van der Waals surface area contributed by atoms with Crippen LogP contribution in [0.1, 0.15) is 34.6 Å². The number of rotatable bonds is 0. The Bertz CT molecular complexity index is 535. The summed E-state index contributed by atoms with van der Waals surface area (Å²) in [5.74, 6) is -0.378. The van der Waals surface area contributed by atoms with E-state index in [2.05, 4.69) is 5.32 Å². The van der Waals surface area contributed by atoms with Crippen LogP contribution >= 0.6 is 0 Å². The van der Waals surface area contributed by atoms with Crippen molar-refractivity contribution in [2.45, 2.75) is 45.8 Å². The standard InChI is InChI=1S/C15H21FN2O2/c1-14(2,3)20-13(19)18-12-8-10(16)6-7-11(12)17-9-15(18,4)5/h6-8,17H,9H2,1-5H3. The van der Waals surface area contributed by atoms with Crippen molar-refractivity contribution in [3.05, 3.63) is 24.0 Å². The fraction of sp³-hybridized carbons (Fsp3) is 0.533. The van der Waals surface area contributed by atoms with Crippen LogP contribution in [0, 0.1) is 5.82 Å². The summed E-state index contributed by atoms with van der Waals surface area (Å²) in [5, 5.41) is 3.21. The summed E-state index contributed by atoms with van der Waals surface area (Å²) in [6.07, 6.45) is -0.462. The van der Waals surface area contributed by atoms with Gasteiger partial charge in [0.05, 0.1) is 16.9 Å². The van der Waals surface area contributed by atoms with E-state index in [4.69, 9.17) is 4.74 Å².